The Morgan fingerprint density at radius 3 is 2.70 bits per heavy atom. The molecule has 0 fully saturated rings. The average molecular weight is 334 g/mol. The number of aromatic nitrogens is 2. The van der Waals surface area contributed by atoms with E-state index in [1.807, 2.05) is 0 Å². The lowest BCUT2D eigenvalue weighted by molar-refractivity contribution is 0.282. The second kappa shape index (κ2) is 5.22. The van der Waals surface area contributed by atoms with Gasteiger partial charge in [-0.25, -0.2) is 4.39 Å². The Labute approximate surface area is 133 Å². The summed E-state index contributed by atoms with van der Waals surface area (Å²) in [4.78, 5) is 8.32. The van der Waals surface area contributed by atoms with Gasteiger partial charge in [0.1, 0.15) is 16.9 Å². The summed E-state index contributed by atoms with van der Waals surface area (Å²) < 4.78 is 24.1. The number of benzene rings is 2. The van der Waals surface area contributed by atoms with E-state index in [0.29, 0.717) is 32.8 Å². The predicted molar refractivity (Wildman–Crippen MR) is 82.2 cm³/mol. The molecule has 8 heteroatoms. The van der Waals surface area contributed by atoms with Crippen LogP contribution in [0, 0.1) is 5.82 Å². The zero-order valence-corrected chi connectivity index (χ0v) is 12.3. The van der Waals surface area contributed by atoms with E-state index in [2.05, 4.69) is 15.3 Å². The maximum absolute atomic E-state index is 13.2. The fourth-order valence-electron chi connectivity index (χ4n) is 2.24. The number of rotatable bonds is 3. The number of aliphatic hydroxyl groups is 1. The van der Waals surface area contributed by atoms with Crippen molar-refractivity contribution in [1.29, 1.82) is 0 Å². The Morgan fingerprint density at radius 2 is 1.87 bits per heavy atom. The van der Waals surface area contributed by atoms with Gasteiger partial charge in [0.05, 0.1) is 11.6 Å². The molecule has 23 heavy (non-hydrogen) atoms. The third-order valence-electron chi connectivity index (χ3n) is 3.25. The lowest BCUT2D eigenvalue weighted by atomic mass is 10.2. The average Bonchev–Trinajstić information content (AvgIpc) is 3.10. The molecule has 0 saturated carbocycles. The molecule has 0 aliphatic carbocycles. The Bertz CT molecular complexity index is 1030. The molecule has 2 aromatic carbocycles. The lowest BCUT2D eigenvalue weighted by Crippen LogP contribution is -1.89. The fraction of sp³-hybridized carbons (Fsp3) is 0.0667. The van der Waals surface area contributed by atoms with Gasteiger partial charge in [0.25, 0.3) is 0 Å². The molecule has 0 radical (unpaired) electrons. The van der Waals surface area contributed by atoms with Crippen LogP contribution in [0.1, 0.15) is 5.56 Å². The maximum Gasteiger partial charge on any atom is 0.303 e. The van der Waals surface area contributed by atoms with Crippen LogP contribution in [0.3, 0.4) is 0 Å². The normalized spacial score (nSPS) is 11.4. The zero-order valence-electron chi connectivity index (χ0n) is 11.5. The molecule has 0 aliphatic rings. The number of anilines is 2. The van der Waals surface area contributed by atoms with Crippen LogP contribution in [0.4, 0.5) is 16.4 Å². The molecule has 4 rings (SSSR count). The first-order valence-corrected chi connectivity index (χ1v) is 7.03. The zero-order chi connectivity index (χ0) is 16.0. The molecule has 0 saturated heterocycles. The van der Waals surface area contributed by atoms with Gasteiger partial charge in [0, 0.05) is 6.07 Å². The number of halogens is 2. The van der Waals surface area contributed by atoms with Gasteiger partial charge in [-0.15, -0.1) is 0 Å². The summed E-state index contributed by atoms with van der Waals surface area (Å²) in [6.07, 6.45) is 0. The monoisotopic (exact) mass is 333 g/mol. The molecule has 6 nitrogen and oxygen atoms in total. The Balaban J connectivity index is 1.72. The van der Waals surface area contributed by atoms with E-state index in [9.17, 15) is 9.50 Å². The number of hydrogen-bond acceptors (Lipinski definition) is 6. The van der Waals surface area contributed by atoms with E-state index < -0.39 is 5.82 Å². The third kappa shape index (κ3) is 2.49. The molecule has 0 aliphatic heterocycles. The van der Waals surface area contributed by atoms with Crippen LogP contribution in [-0.4, -0.2) is 15.1 Å². The van der Waals surface area contributed by atoms with Crippen molar-refractivity contribution < 1.29 is 18.3 Å². The van der Waals surface area contributed by atoms with Crippen molar-refractivity contribution in [3.8, 4) is 0 Å². The molecule has 116 valence electrons. The number of nitrogens with zero attached hydrogens (tertiary/aromatic N) is 2. The minimum absolute atomic E-state index is 0.121. The molecule has 0 unspecified atom stereocenters. The molecule has 0 amide bonds. The molecule has 0 atom stereocenters. The van der Waals surface area contributed by atoms with Crippen LogP contribution >= 0.6 is 11.6 Å². The van der Waals surface area contributed by atoms with Crippen molar-refractivity contribution >= 4 is 45.8 Å². The Kier molecular flexibility index (Phi) is 3.17. The second-order valence-corrected chi connectivity index (χ2v) is 5.27. The fourth-order valence-corrected chi connectivity index (χ4v) is 2.51. The van der Waals surface area contributed by atoms with E-state index >= 15 is 0 Å². The van der Waals surface area contributed by atoms with Crippen molar-refractivity contribution in [3.63, 3.8) is 0 Å². The summed E-state index contributed by atoms with van der Waals surface area (Å²) in [7, 11) is 0. The minimum atomic E-state index is -0.400. The first-order chi connectivity index (χ1) is 11.1. The summed E-state index contributed by atoms with van der Waals surface area (Å²) in [5.41, 5.74) is 2.31. The summed E-state index contributed by atoms with van der Waals surface area (Å²) in [5, 5.41) is 12.3. The summed E-state index contributed by atoms with van der Waals surface area (Å²) in [6.45, 7) is -0.151. The second-order valence-electron chi connectivity index (χ2n) is 4.86. The number of nitrogens with one attached hydrogen (secondary N) is 1. The molecule has 2 aromatic heterocycles. The summed E-state index contributed by atoms with van der Waals surface area (Å²) in [5.74, 6) is -0.400. The highest BCUT2D eigenvalue weighted by molar-refractivity contribution is 6.34. The van der Waals surface area contributed by atoms with Gasteiger partial charge >= 0.3 is 12.0 Å². The minimum Gasteiger partial charge on any atom is -0.423 e. The van der Waals surface area contributed by atoms with Crippen molar-refractivity contribution in [3.05, 3.63) is 46.7 Å². The summed E-state index contributed by atoms with van der Waals surface area (Å²) >= 11 is 6.09. The third-order valence-corrected chi connectivity index (χ3v) is 3.53. The number of aliphatic hydroxyl groups excluding tert-OH is 1. The van der Waals surface area contributed by atoms with Crippen LogP contribution in [0.25, 0.3) is 22.2 Å². The first kappa shape index (κ1) is 14.0. The van der Waals surface area contributed by atoms with Crippen molar-refractivity contribution in [1.82, 2.24) is 9.97 Å². The number of fused-ring (bicyclic) bond motifs is 2. The van der Waals surface area contributed by atoms with Gasteiger partial charge in [-0.1, -0.05) is 11.6 Å². The molecular formula is C15H9ClFN3O3. The molecule has 2 N–H and O–H groups in total. The highest BCUT2D eigenvalue weighted by atomic mass is 35.5. The quantitative estimate of drug-likeness (QED) is 0.589. The maximum atomic E-state index is 13.2. The Morgan fingerprint density at radius 1 is 1.09 bits per heavy atom. The molecule has 2 heterocycles. The van der Waals surface area contributed by atoms with Crippen molar-refractivity contribution in [2.75, 3.05) is 5.32 Å². The lowest BCUT2D eigenvalue weighted by Gasteiger charge is -1.96. The van der Waals surface area contributed by atoms with E-state index in [1.54, 1.807) is 12.1 Å². The van der Waals surface area contributed by atoms with Crippen LogP contribution in [0.15, 0.2) is 39.2 Å². The van der Waals surface area contributed by atoms with Crippen molar-refractivity contribution in [2.45, 2.75) is 6.61 Å². The molecule has 0 spiro atoms. The Hall–Kier alpha value is -2.64. The van der Waals surface area contributed by atoms with Crippen LogP contribution in [0.5, 0.6) is 0 Å². The highest BCUT2D eigenvalue weighted by Crippen LogP contribution is 2.30. The molecule has 0 bridgehead atoms. The van der Waals surface area contributed by atoms with Crippen LogP contribution in [-0.2, 0) is 6.61 Å². The first-order valence-electron chi connectivity index (χ1n) is 6.65. The number of oxazole rings is 2. The van der Waals surface area contributed by atoms with E-state index in [1.165, 1.54) is 18.2 Å². The van der Waals surface area contributed by atoms with E-state index in [4.69, 9.17) is 20.4 Å². The van der Waals surface area contributed by atoms with Crippen molar-refractivity contribution in [2.24, 2.45) is 0 Å². The largest absolute Gasteiger partial charge is 0.423 e. The molecular weight excluding hydrogens is 325 g/mol. The smallest absolute Gasteiger partial charge is 0.303 e. The van der Waals surface area contributed by atoms with Crippen LogP contribution < -0.4 is 5.32 Å². The topological polar surface area (TPSA) is 84.3 Å². The van der Waals surface area contributed by atoms with Crippen LogP contribution in [0.2, 0.25) is 5.02 Å². The van der Waals surface area contributed by atoms with Gasteiger partial charge in [-0.05, 0) is 29.8 Å². The van der Waals surface area contributed by atoms with Gasteiger partial charge in [-0.2, -0.15) is 9.97 Å². The van der Waals surface area contributed by atoms with Gasteiger partial charge in [0.2, 0.25) is 0 Å². The van der Waals surface area contributed by atoms with Gasteiger partial charge in [0.15, 0.2) is 11.2 Å². The number of hydrogen-bond donors (Lipinski definition) is 2. The van der Waals surface area contributed by atoms with E-state index in [-0.39, 0.29) is 18.6 Å². The highest BCUT2D eigenvalue weighted by Gasteiger charge is 2.14. The SMILES string of the molecule is OCc1cc(Cl)c2oc(Nc3nc4cc(F)ccc4o3)nc2c1. The van der Waals surface area contributed by atoms with Gasteiger partial charge in [-0.3, -0.25) is 5.32 Å². The molecule has 4 aromatic rings. The summed E-state index contributed by atoms with van der Waals surface area (Å²) in [6, 6.07) is 7.55. The predicted octanol–water partition coefficient (Wildman–Crippen LogP) is 4.00. The van der Waals surface area contributed by atoms with Gasteiger partial charge < -0.3 is 13.9 Å². The standard InChI is InChI=1S/C15H9ClFN3O3/c16-9-3-7(6-21)4-11-13(9)23-15(19-11)20-14-18-10-5-8(17)1-2-12(10)22-14/h1-5,21H,6H2,(H,18,19,20). The van der Waals surface area contributed by atoms with E-state index in [0.717, 1.165) is 0 Å².